The molecular formula is C20H18N4O3. The van der Waals surface area contributed by atoms with Gasteiger partial charge < -0.3 is 5.32 Å². The predicted octanol–water partition coefficient (Wildman–Crippen LogP) is 1.35. The molecule has 0 aliphatic carbocycles. The van der Waals surface area contributed by atoms with Gasteiger partial charge in [0.2, 0.25) is 5.91 Å². The van der Waals surface area contributed by atoms with E-state index in [-0.39, 0.29) is 18.9 Å². The van der Waals surface area contributed by atoms with E-state index in [9.17, 15) is 14.4 Å². The first-order valence-corrected chi connectivity index (χ1v) is 8.36. The standard InChI is InChI=1S/C20H18N4O3/c25-18(11-15-7-3-6-14-5-1-2-9-17(14)15)22-13-19(26)23-24-20(27)16-8-4-10-21-12-16/h1-10,12H,11,13H2,(H,22,25)(H,23,26)(H,24,27). The van der Waals surface area contributed by atoms with E-state index in [1.54, 1.807) is 18.3 Å². The molecule has 0 atom stereocenters. The summed E-state index contributed by atoms with van der Waals surface area (Å²) in [4.78, 5) is 39.5. The number of rotatable bonds is 5. The van der Waals surface area contributed by atoms with E-state index in [0.717, 1.165) is 16.3 Å². The van der Waals surface area contributed by atoms with Crippen LogP contribution in [0.3, 0.4) is 0 Å². The Bertz CT molecular complexity index is 968. The Morgan fingerprint density at radius 3 is 2.48 bits per heavy atom. The van der Waals surface area contributed by atoms with Gasteiger partial charge in [-0.3, -0.25) is 30.2 Å². The van der Waals surface area contributed by atoms with E-state index in [2.05, 4.69) is 21.2 Å². The Labute approximate surface area is 155 Å². The van der Waals surface area contributed by atoms with Crippen LogP contribution in [-0.2, 0) is 16.0 Å². The van der Waals surface area contributed by atoms with Crippen molar-refractivity contribution in [1.82, 2.24) is 21.2 Å². The molecule has 0 aliphatic heterocycles. The maximum absolute atomic E-state index is 12.1. The van der Waals surface area contributed by atoms with Gasteiger partial charge in [0.05, 0.1) is 18.5 Å². The van der Waals surface area contributed by atoms with Crippen LogP contribution in [0.15, 0.2) is 67.0 Å². The molecule has 1 heterocycles. The lowest BCUT2D eigenvalue weighted by atomic mass is 10.0. The lowest BCUT2D eigenvalue weighted by Crippen LogP contribution is -2.46. The summed E-state index contributed by atoms with van der Waals surface area (Å²) < 4.78 is 0. The number of nitrogens with zero attached hydrogens (tertiary/aromatic N) is 1. The first-order valence-electron chi connectivity index (χ1n) is 8.36. The number of carbonyl (C=O) groups excluding carboxylic acids is 3. The van der Waals surface area contributed by atoms with Gasteiger partial charge in [-0.25, -0.2) is 0 Å². The van der Waals surface area contributed by atoms with Crippen molar-refractivity contribution in [2.45, 2.75) is 6.42 Å². The van der Waals surface area contributed by atoms with Gasteiger partial charge in [0, 0.05) is 12.4 Å². The summed E-state index contributed by atoms with van der Waals surface area (Å²) in [5.41, 5.74) is 5.72. The van der Waals surface area contributed by atoms with Crippen molar-refractivity contribution in [3.05, 3.63) is 78.1 Å². The summed E-state index contributed by atoms with van der Waals surface area (Å²) in [5, 5.41) is 4.60. The van der Waals surface area contributed by atoms with E-state index in [4.69, 9.17) is 0 Å². The first kappa shape index (κ1) is 18.1. The smallest absolute Gasteiger partial charge is 0.271 e. The van der Waals surface area contributed by atoms with E-state index >= 15 is 0 Å². The normalized spacial score (nSPS) is 10.2. The van der Waals surface area contributed by atoms with Crippen LogP contribution in [-0.4, -0.2) is 29.3 Å². The summed E-state index contributed by atoms with van der Waals surface area (Å²) in [6.45, 7) is -0.239. The highest BCUT2D eigenvalue weighted by atomic mass is 16.2. The van der Waals surface area contributed by atoms with Gasteiger partial charge in [0.1, 0.15) is 0 Å². The molecule has 0 saturated heterocycles. The van der Waals surface area contributed by atoms with Crippen molar-refractivity contribution < 1.29 is 14.4 Å². The van der Waals surface area contributed by atoms with Gasteiger partial charge >= 0.3 is 0 Å². The van der Waals surface area contributed by atoms with E-state index in [1.165, 1.54) is 6.20 Å². The molecule has 0 aliphatic rings. The minimum atomic E-state index is -0.529. The number of nitrogens with one attached hydrogen (secondary N) is 3. The van der Waals surface area contributed by atoms with Crippen LogP contribution in [0.1, 0.15) is 15.9 Å². The number of carbonyl (C=O) groups is 3. The third-order valence-electron chi connectivity index (χ3n) is 3.92. The second-order valence-electron chi connectivity index (χ2n) is 5.84. The molecule has 3 amide bonds. The first-order chi connectivity index (χ1) is 13.1. The number of amides is 3. The number of pyridine rings is 1. The number of fused-ring (bicyclic) bond motifs is 1. The van der Waals surface area contributed by atoms with Crippen molar-refractivity contribution in [1.29, 1.82) is 0 Å². The quantitative estimate of drug-likeness (QED) is 0.597. The maximum atomic E-state index is 12.1. The van der Waals surface area contributed by atoms with E-state index in [1.807, 2.05) is 42.5 Å². The second-order valence-corrected chi connectivity index (χ2v) is 5.84. The average Bonchev–Trinajstić information content (AvgIpc) is 2.71. The zero-order valence-corrected chi connectivity index (χ0v) is 14.4. The largest absolute Gasteiger partial charge is 0.347 e. The fourth-order valence-electron chi connectivity index (χ4n) is 2.60. The van der Waals surface area contributed by atoms with Crippen molar-refractivity contribution in [3.63, 3.8) is 0 Å². The van der Waals surface area contributed by atoms with Crippen LogP contribution in [0.2, 0.25) is 0 Å². The minimum absolute atomic E-state index is 0.163. The van der Waals surface area contributed by atoms with Crippen LogP contribution in [0.25, 0.3) is 10.8 Å². The molecule has 0 unspecified atom stereocenters. The molecule has 1 aromatic heterocycles. The molecule has 7 nitrogen and oxygen atoms in total. The molecule has 136 valence electrons. The van der Waals surface area contributed by atoms with Gasteiger partial charge in [-0.15, -0.1) is 0 Å². The van der Waals surface area contributed by atoms with Crippen LogP contribution < -0.4 is 16.2 Å². The number of aromatic nitrogens is 1. The summed E-state index contributed by atoms with van der Waals surface area (Å²) in [5.74, 6) is -1.29. The average molecular weight is 362 g/mol. The molecule has 0 fully saturated rings. The molecular weight excluding hydrogens is 344 g/mol. The fourth-order valence-corrected chi connectivity index (χ4v) is 2.60. The van der Waals surface area contributed by atoms with Gasteiger partial charge in [0.15, 0.2) is 0 Å². The van der Waals surface area contributed by atoms with Crippen molar-refractivity contribution in [2.24, 2.45) is 0 Å². The van der Waals surface area contributed by atoms with Gasteiger partial charge in [0.25, 0.3) is 11.8 Å². The summed E-state index contributed by atoms with van der Waals surface area (Å²) in [6, 6.07) is 16.7. The lowest BCUT2D eigenvalue weighted by Gasteiger charge is -2.09. The molecule has 0 spiro atoms. The molecule has 2 aromatic carbocycles. The molecule has 0 bridgehead atoms. The summed E-state index contributed by atoms with van der Waals surface area (Å²) in [6.07, 6.45) is 3.09. The highest BCUT2D eigenvalue weighted by Gasteiger charge is 2.10. The van der Waals surface area contributed by atoms with Crippen LogP contribution in [0.4, 0.5) is 0 Å². The van der Waals surface area contributed by atoms with Gasteiger partial charge in [-0.1, -0.05) is 42.5 Å². The lowest BCUT2D eigenvalue weighted by molar-refractivity contribution is -0.126. The molecule has 27 heavy (non-hydrogen) atoms. The maximum Gasteiger partial charge on any atom is 0.271 e. The third-order valence-corrected chi connectivity index (χ3v) is 3.92. The SMILES string of the molecule is O=C(Cc1cccc2ccccc12)NCC(=O)NNC(=O)c1cccnc1. The number of hydrogen-bond donors (Lipinski definition) is 3. The monoisotopic (exact) mass is 362 g/mol. The molecule has 3 N–H and O–H groups in total. The minimum Gasteiger partial charge on any atom is -0.347 e. The fraction of sp³-hybridized carbons (Fsp3) is 0.100. The van der Waals surface area contributed by atoms with Crippen LogP contribution >= 0.6 is 0 Å². The van der Waals surface area contributed by atoms with Crippen molar-refractivity contribution in [2.75, 3.05) is 6.54 Å². The van der Waals surface area contributed by atoms with Crippen molar-refractivity contribution >= 4 is 28.5 Å². The highest BCUT2D eigenvalue weighted by molar-refractivity contribution is 5.96. The van der Waals surface area contributed by atoms with Crippen LogP contribution in [0, 0.1) is 0 Å². The molecule has 7 heteroatoms. The third kappa shape index (κ3) is 4.88. The number of hydrazine groups is 1. The Morgan fingerprint density at radius 2 is 1.67 bits per heavy atom. The molecule has 0 saturated carbocycles. The summed E-state index contributed by atoms with van der Waals surface area (Å²) in [7, 11) is 0. The van der Waals surface area contributed by atoms with Crippen LogP contribution in [0.5, 0.6) is 0 Å². The number of hydrogen-bond acceptors (Lipinski definition) is 4. The van der Waals surface area contributed by atoms with E-state index < -0.39 is 11.8 Å². The second kappa shape index (κ2) is 8.57. The summed E-state index contributed by atoms with van der Waals surface area (Å²) >= 11 is 0. The molecule has 0 radical (unpaired) electrons. The number of benzene rings is 2. The molecule has 3 rings (SSSR count). The Balaban J connectivity index is 1.47. The highest BCUT2D eigenvalue weighted by Crippen LogP contribution is 2.18. The molecule has 3 aromatic rings. The Kier molecular flexibility index (Phi) is 5.73. The Hall–Kier alpha value is -3.74. The van der Waals surface area contributed by atoms with Crippen molar-refractivity contribution in [3.8, 4) is 0 Å². The zero-order chi connectivity index (χ0) is 19.1. The topological polar surface area (TPSA) is 100 Å². The Morgan fingerprint density at radius 1 is 0.852 bits per heavy atom. The predicted molar refractivity (Wildman–Crippen MR) is 101 cm³/mol. The zero-order valence-electron chi connectivity index (χ0n) is 14.4. The van der Waals surface area contributed by atoms with E-state index in [0.29, 0.717) is 5.56 Å². The van der Waals surface area contributed by atoms with Gasteiger partial charge in [-0.2, -0.15) is 0 Å². The van der Waals surface area contributed by atoms with Gasteiger partial charge in [-0.05, 0) is 28.5 Å².